The average molecular weight is 467 g/mol. The summed E-state index contributed by atoms with van der Waals surface area (Å²) in [5, 5.41) is 11.4. The number of rotatable bonds is 5. The van der Waals surface area contributed by atoms with Crippen LogP contribution in [0.5, 0.6) is 0 Å². The van der Waals surface area contributed by atoms with Crippen LogP contribution < -0.4 is 10.6 Å². The fourth-order valence-corrected chi connectivity index (χ4v) is 7.06. The van der Waals surface area contributed by atoms with E-state index in [0.29, 0.717) is 18.2 Å². The van der Waals surface area contributed by atoms with Gasteiger partial charge in [0.15, 0.2) is 0 Å². The third kappa shape index (κ3) is 4.02. The summed E-state index contributed by atoms with van der Waals surface area (Å²) in [5.41, 5.74) is 9.67. The molecule has 2 aromatic heterocycles. The smallest absolute Gasteiger partial charge is 0.248 e. The molecule has 0 unspecified atom stereocenters. The highest BCUT2D eigenvalue weighted by atomic mass is 32.1. The second-order valence-electron chi connectivity index (χ2n) is 8.54. The van der Waals surface area contributed by atoms with Crippen molar-refractivity contribution in [3.63, 3.8) is 0 Å². The van der Waals surface area contributed by atoms with E-state index in [-0.39, 0.29) is 12.0 Å². The predicted octanol–water partition coefficient (Wildman–Crippen LogP) is 4.15. The largest absolute Gasteiger partial charge is 0.373 e. The lowest BCUT2D eigenvalue weighted by molar-refractivity contribution is 0.0255. The zero-order chi connectivity index (χ0) is 22.2. The SMILES string of the molecule is C[C@@H]1CN(c2csc3cc(C#N)sc23)CCN1CC[C@@H]1OCCc2cc(C(N)=O)ccc21. The fourth-order valence-electron chi connectivity index (χ4n) is 4.85. The second-order valence-corrected chi connectivity index (χ2v) is 10.5. The Hall–Kier alpha value is -2.44. The molecule has 5 rings (SSSR count). The number of fused-ring (bicyclic) bond motifs is 2. The van der Waals surface area contributed by atoms with Crippen LogP contribution in [0.1, 0.15) is 45.8 Å². The van der Waals surface area contributed by atoms with Crippen molar-refractivity contribution in [2.45, 2.75) is 31.9 Å². The van der Waals surface area contributed by atoms with Crippen molar-refractivity contribution in [1.82, 2.24) is 4.90 Å². The Balaban J connectivity index is 1.22. The number of primary amides is 1. The summed E-state index contributed by atoms with van der Waals surface area (Å²) in [6.45, 7) is 6.93. The molecule has 0 bridgehead atoms. The fraction of sp³-hybridized carbons (Fsp3) is 0.417. The number of anilines is 1. The van der Waals surface area contributed by atoms with E-state index in [2.05, 4.69) is 28.2 Å². The quantitative estimate of drug-likeness (QED) is 0.611. The topological polar surface area (TPSA) is 82.6 Å². The summed E-state index contributed by atoms with van der Waals surface area (Å²) in [5.74, 6) is -0.378. The van der Waals surface area contributed by atoms with E-state index >= 15 is 0 Å². The Morgan fingerprint density at radius 2 is 2.22 bits per heavy atom. The second kappa shape index (κ2) is 8.83. The number of carbonyl (C=O) groups is 1. The van der Waals surface area contributed by atoms with Gasteiger partial charge in [-0.2, -0.15) is 5.26 Å². The van der Waals surface area contributed by atoms with Crippen LogP contribution >= 0.6 is 22.7 Å². The van der Waals surface area contributed by atoms with Crippen molar-refractivity contribution in [3.8, 4) is 6.07 Å². The Kier molecular flexibility index (Phi) is 5.91. The molecule has 0 radical (unpaired) electrons. The minimum absolute atomic E-state index is 0.0675. The molecule has 166 valence electrons. The maximum absolute atomic E-state index is 11.5. The normalized spacial score (nSPS) is 21.4. The van der Waals surface area contributed by atoms with Gasteiger partial charge in [-0.05, 0) is 49.1 Å². The maximum Gasteiger partial charge on any atom is 0.248 e. The van der Waals surface area contributed by atoms with Gasteiger partial charge in [0.1, 0.15) is 10.9 Å². The Bertz CT molecular complexity index is 1190. The average Bonchev–Trinajstić information content (AvgIpc) is 3.38. The van der Waals surface area contributed by atoms with Crippen molar-refractivity contribution < 1.29 is 9.53 Å². The molecule has 1 saturated heterocycles. The lowest BCUT2D eigenvalue weighted by atomic mass is 9.93. The highest BCUT2D eigenvalue weighted by Gasteiger charge is 2.28. The highest BCUT2D eigenvalue weighted by Crippen LogP contribution is 2.40. The molecule has 3 aromatic rings. The molecule has 2 aliphatic rings. The summed E-state index contributed by atoms with van der Waals surface area (Å²) in [7, 11) is 0. The number of hydrogen-bond donors (Lipinski definition) is 1. The van der Waals surface area contributed by atoms with Gasteiger partial charge in [0, 0.05) is 47.9 Å². The van der Waals surface area contributed by atoms with Crippen LogP contribution in [0, 0.1) is 11.3 Å². The molecule has 8 heteroatoms. The summed E-state index contributed by atoms with van der Waals surface area (Å²) < 4.78 is 8.55. The van der Waals surface area contributed by atoms with Gasteiger partial charge in [0.25, 0.3) is 0 Å². The summed E-state index contributed by atoms with van der Waals surface area (Å²) in [6.07, 6.45) is 1.83. The number of ether oxygens (including phenoxy) is 1. The van der Waals surface area contributed by atoms with E-state index in [1.807, 2.05) is 24.3 Å². The van der Waals surface area contributed by atoms with Crippen LogP contribution in [0.4, 0.5) is 5.69 Å². The van der Waals surface area contributed by atoms with E-state index < -0.39 is 0 Å². The molecule has 1 amide bonds. The van der Waals surface area contributed by atoms with Crippen molar-refractivity contribution in [2.24, 2.45) is 5.73 Å². The Labute approximate surface area is 195 Å². The lowest BCUT2D eigenvalue weighted by Gasteiger charge is -2.41. The first-order valence-corrected chi connectivity index (χ1v) is 12.7. The zero-order valence-electron chi connectivity index (χ0n) is 18.0. The molecule has 2 atom stereocenters. The maximum atomic E-state index is 11.5. The van der Waals surface area contributed by atoms with Gasteiger partial charge >= 0.3 is 0 Å². The van der Waals surface area contributed by atoms with Crippen LogP contribution in [0.15, 0.2) is 29.6 Å². The zero-order valence-corrected chi connectivity index (χ0v) is 19.7. The summed E-state index contributed by atoms with van der Waals surface area (Å²) in [4.78, 5) is 17.3. The predicted molar refractivity (Wildman–Crippen MR) is 130 cm³/mol. The first-order chi connectivity index (χ1) is 15.5. The van der Waals surface area contributed by atoms with Crippen molar-refractivity contribution >= 4 is 43.7 Å². The Morgan fingerprint density at radius 3 is 3.00 bits per heavy atom. The van der Waals surface area contributed by atoms with Crippen molar-refractivity contribution in [3.05, 3.63) is 51.2 Å². The first-order valence-electron chi connectivity index (χ1n) is 11.0. The number of nitrogens with zero attached hydrogens (tertiary/aromatic N) is 3. The third-order valence-corrected chi connectivity index (χ3v) is 8.70. The van der Waals surface area contributed by atoms with Gasteiger partial charge in [-0.15, -0.1) is 22.7 Å². The van der Waals surface area contributed by atoms with E-state index in [1.54, 1.807) is 22.7 Å². The number of hydrogen-bond acceptors (Lipinski definition) is 7. The Morgan fingerprint density at radius 1 is 1.34 bits per heavy atom. The molecule has 6 nitrogen and oxygen atoms in total. The van der Waals surface area contributed by atoms with Gasteiger partial charge in [-0.25, -0.2) is 0 Å². The molecule has 2 N–H and O–H groups in total. The van der Waals surface area contributed by atoms with Crippen LogP contribution in [0.3, 0.4) is 0 Å². The van der Waals surface area contributed by atoms with E-state index in [9.17, 15) is 10.1 Å². The van der Waals surface area contributed by atoms with E-state index in [0.717, 1.165) is 43.9 Å². The summed E-state index contributed by atoms with van der Waals surface area (Å²) in [6, 6.07) is 10.5. The number of amides is 1. The standard InChI is InChI=1S/C24H26N4O2S2/c1-15-13-28(20-14-31-22-11-18(12-25)32-23(20)22)8-7-27(15)6-4-21-19-3-2-17(24(26)29)10-16(19)5-9-30-21/h2-3,10-11,14-15,21H,4-9,13H2,1H3,(H2,26,29)/t15-,21+/m1/s1. The number of benzene rings is 1. The minimum Gasteiger partial charge on any atom is -0.373 e. The van der Waals surface area contributed by atoms with E-state index in [4.69, 9.17) is 10.5 Å². The van der Waals surface area contributed by atoms with Crippen molar-refractivity contribution in [2.75, 3.05) is 37.7 Å². The summed E-state index contributed by atoms with van der Waals surface area (Å²) >= 11 is 3.33. The number of nitriles is 1. The number of thiophene rings is 2. The number of nitrogens with two attached hydrogens (primary N) is 1. The van der Waals surface area contributed by atoms with Crippen LogP contribution in [0.25, 0.3) is 9.40 Å². The van der Waals surface area contributed by atoms with Gasteiger partial charge in [0.05, 0.1) is 23.1 Å². The van der Waals surface area contributed by atoms with Crippen LogP contribution in [0.2, 0.25) is 0 Å². The molecule has 0 aliphatic carbocycles. The lowest BCUT2D eigenvalue weighted by Crippen LogP contribution is -2.52. The van der Waals surface area contributed by atoms with Gasteiger partial charge in [0.2, 0.25) is 5.91 Å². The van der Waals surface area contributed by atoms with Crippen LogP contribution in [-0.4, -0.2) is 49.6 Å². The molecule has 32 heavy (non-hydrogen) atoms. The van der Waals surface area contributed by atoms with Crippen LogP contribution in [-0.2, 0) is 11.2 Å². The van der Waals surface area contributed by atoms with Gasteiger partial charge in [-0.3, -0.25) is 9.69 Å². The molecule has 0 saturated carbocycles. The highest BCUT2D eigenvalue weighted by molar-refractivity contribution is 7.28. The molecule has 1 aromatic carbocycles. The van der Waals surface area contributed by atoms with Gasteiger partial charge < -0.3 is 15.4 Å². The first kappa shape index (κ1) is 21.4. The molecule has 1 fully saturated rings. The molecule has 2 aliphatic heterocycles. The minimum atomic E-state index is -0.378. The molecular formula is C24H26N4O2S2. The van der Waals surface area contributed by atoms with E-state index in [1.165, 1.54) is 26.2 Å². The number of piperazine rings is 1. The monoisotopic (exact) mass is 466 g/mol. The molecular weight excluding hydrogens is 440 g/mol. The number of carbonyl (C=O) groups excluding carboxylic acids is 1. The van der Waals surface area contributed by atoms with Gasteiger partial charge in [-0.1, -0.05) is 6.07 Å². The van der Waals surface area contributed by atoms with Crippen molar-refractivity contribution in [1.29, 1.82) is 5.26 Å². The molecule has 4 heterocycles. The third-order valence-electron chi connectivity index (χ3n) is 6.59. The molecule has 0 spiro atoms.